The van der Waals surface area contributed by atoms with Crippen LogP contribution < -0.4 is 5.32 Å². The SMILES string of the molecule is Cc1ccc(NC(=O)c2cc3ncc(Br)cn3n2)c(C)c1. The largest absolute Gasteiger partial charge is 0.320 e. The van der Waals surface area contributed by atoms with Crippen molar-refractivity contribution in [3.63, 3.8) is 0 Å². The Labute approximate surface area is 130 Å². The zero-order valence-corrected chi connectivity index (χ0v) is 13.2. The van der Waals surface area contributed by atoms with Crippen molar-refractivity contribution in [3.8, 4) is 0 Å². The molecule has 0 atom stereocenters. The number of fused-ring (bicyclic) bond motifs is 1. The number of nitrogens with one attached hydrogen (secondary N) is 1. The van der Waals surface area contributed by atoms with E-state index in [9.17, 15) is 4.79 Å². The minimum absolute atomic E-state index is 0.247. The number of nitrogens with zero attached hydrogens (tertiary/aromatic N) is 3. The van der Waals surface area contributed by atoms with Crippen LogP contribution in [0.5, 0.6) is 0 Å². The Morgan fingerprint density at radius 3 is 2.86 bits per heavy atom. The normalized spacial score (nSPS) is 10.8. The summed E-state index contributed by atoms with van der Waals surface area (Å²) in [6.07, 6.45) is 3.43. The topological polar surface area (TPSA) is 59.3 Å². The Balaban J connectivity index is 1.89. The van der Waals surface area contributed by atoms with E-state index in [1.54, 1.807) is 23.0 Å². The Hall–Kier alpha value is -2.21. The van der Waals surface area contributed by atoms with E-state index in [-0.39, 0.29) is 5.91 Å². The first-order valence-corrected chi connectivity index (χ1v) is 7.22. The highest BCUT2D eigenvalue weighted by atomic mass is 79.9. The van der Waals surface area contributed by atoms with Gasteiger partial charge in [0.05, 0.1) is 4.47 Å². The van der Waals surface area contributed by atoms with Crippen molar-refractivity contribution in [3.05, 3.63) is 58.0 Å². The lowest BCUT2D eigenvalue weighted by atomic mass is 10.1. The van der Waals surface area contributed by atoms with Crippen molar-refractivity contribution in [2.45, 2.75) is 13.8 Å². The second-order valence-corrected chi connectivity index (χ2v) is 5.79. The lowest BCUT2D eigenvalue weighted by Gasteiger charge is -2.07. The van der Waals surface area contributed by atoms with Crippen LogP contribution in [0.3, 0.4) is 0 Å². The van der Waals surface area contributed by atoms with Crippen LogP contribution in [0.4, 0.5) is 5.69 Å². The fraction of sp³-hybridized carbons (Fsp3) is 0.133. The monoisotopic (exact) mass is 344 g/mol. The predicted octanol–water partition coefficient (Wildman–Crippen LogP) is 3.36. The second-order valence-electron chi connectivity index (χ2n) is 4.88. The molecule has 0 saturated heterocycles. The highest BCUT2D eigenvalue weighted by Crippen LogP contribution is 2.17. The van der Waals surface area contributed by atoms with E-state index in [4.69, 9.17) is 0 Å². The number of hydrogen-bond donors (Lipinski definition) is 1. The maximum Gasteiger partial charge on any atom is 0.276 e. The molecule has 6 heteroatoms. The summed E-state index contributed by atoms with van der Waals surface area (Å²) in [6, 6.07) is 7.54. The highest BCUT2D eigenvalue weighted by Gasteiger charge is 2.13. The molecule has 106 valence electrons. The van der Waals surface area contributed by atoms with Gasteiger partial charge in [0.15, 0.2) is 11.3 Å². The van der Waals surface area contributed by atoms with Crippen molar-refractivity contribution in [2.75, 3.05) is 5.32 Å². The number of halogens is 1. The standard InChI is InChI=1S/C15H13BrN4O/c1-9-3-4-12(10(2)5-9)18-15(21)13-6-14-17-7-11(16)8-20(14)19-13/h3-8H,1-2H3,(H,18,21). The zero-order chi connectivity index (χ0) is 15.0. The number of aromatic nitrogens is 3. The average Bonchev–Trinajstić information content (AvgIpc) is 2.85. The number of hydrogen-bond acceptors (Lipinski definition) is 3. The summed E-state index contributed by atoms with van der Waals surface area (Å²) in [5.41, 5.74) is 3.93. The Morgan fingerprint density at radius 2 is 2.10 bits per heavy atom. The number of carbonyl (C=O) groups is 1. The molecule has 3 rings (SSSR count). The van der Waals surface area contributed by atoms with Gasteiger partial charge < -0.3 is 5.32 Å². The van der Waals surface area contributed by atoms with Gasteiger partial charge in [-0.25, -0.2) is 9.50 Å². The summed E-state index contributed by atoms with van der Waals surface area (Å²) >= 11 is 3.32. The number of aryl methyl sites for hydroxylation is 2. The smallest absolute Gasteiger partial charge is 0.276 e. The van der Waals surface area contributed by atoms with Crippen LogP contribution in [-0.4, -0.2) is 20.5 Å². The molecule has 0 fully saturated rings. The summed E-state index contributed by atoms with van der Waals surface area (Å²) in [4.78, 5) is 16.5. The summed E-state index contributed by atoms with van der Waals surface area (Å²) in [5.74, 6) is -0.247. The average molecular weight is 345 g/mol. The van der Waals surface area contributed by atoms with Gasteiger partial charge in [-0.05, 0) is 41.4 Å². The van der Waals surface area contributed by atoms with Crippen LogP contribution in [0.2, 0.25) is 0 Å². The van der Waals surface area contributed by atoms with Crippen molar-refractivity contribution in [1.82, 2.24) is 14.6 Å². The number of benzene rings is 1. The predicted molar refractivity (Wildman–Crippen MR) is 84.6 cm³/mol. The van der Waals surface area contributed by atoms with Gasteiger partial charge >= 0.3 is 0 Å². The fourth-order valence-corrected chi connectivity index (χ4v) is 2.40. The lowest BCUT2D eigenvalue weighted by Crippen LogP contribution is -2.13. The van der Waals surface area contributed by atoms with Crippen LogP contribution in [0.1, 0.15) is 21.6 Å². The molecule has 0 unspecified atom stereocenters. The van der Waals surface area contributed by atoms with Gasteiger partial charge in [-0.2, -0.15) is 5.10 Å². The molecule has 0 aliphatic rings. The van der Waals surface area contributed by atoms with Gasteiger partial charge in [-0.1, -0.05) is 17.7 Å². The molecular formula is C15H13BrN4O. The molecule has 0 spiro atoms. The number of rotatable bonds is 2. The van der Waals surface area contributed by atoms with Crippen LogP contribution >= 0.6 is 15.9 Å². The van der Waals surface area contributed by atoms with E-state index in [0.717, 1.165) is 21.3 Å². The van der Waals surface area contributed by atoms with Crippen molar-refractivity contribution in [2.24, 2.45) is 0 Å². The quantitative estimate of drug-likeness (QED) is 0.775. The third-order valence-electron chi connectivity index (χ3n) is 3.14. The number of amides is 1. The van der Waals surface area contributed by atoms with Gasteiger partial charge in [0.1, 0.15) is 0 Å². The zero-order valence-electron chi connectivity index (χ0n) is 11.6. The first-order chi connectivity index (χ1) is 10.0. The van der Waals surface area contributed by atoms with E-state index in [2.05, 4.69) is 31.3 Å². The number of anilines is 1. The molecule has 0 aliphatic heterocycles. The minimum Gasteiger partial charge on any atom is -0.320 e. The molecule has 3 aromatic rings. The van der Waals surface area contributed by atoms with Crippen LogP contribution in [0, 0.1) is 13.8 Å². The van der Waals surface area contributed by atoms with Gasteiger partial charge in [0, 0.05) is 24.1 Å². The molecule has 1 aromatic carbocycles. The molecular weight excluding hydrogens is 332 g/mol. The molecule has 5 nitrogen and oxygen atoms in total. The third-order valence-corrected chi connectivity index (χ3v) is 3.55. The summed E-state index contributed by atoms with van der Waals surface area (Å²) in [5, 5.41) is 7.10. The first kappa shape index (κ1) is 13.8. The summed E-state index contributed by atoms with van der Waals surface area (Å²) in [6.45, 7) is 3.98. The van der Waals surface area contributed by atoms with Crippen LogP contribution in [0.15, 0.2) is 41.1 Å². The van der Waals surface area contributed by atoms with Crippen LogP contribution in [0.25, 0.3) is 5.65 Å². The first-order valence-electron chi connectivity index (χ1n) is 6.42. The van der Waals surface area contributed by atoms with E-state index in [1.165, 1.54) is 0 Å². The number of carbonyl (C=O) groups excluding carboxylic acids is 1. The highest BCUT2D eigenvalue weighted by molar-refractivity contribution is 9.10. The Morgan fingerprint density at radius 1 is 1.29 bits per heavy atom. The molecule has 0 radical (unpaired) electrons. The molecule has 0 saturated carbocycles. The third kappa shape index (κ3) is 2.80. The van der Waals surface area contributed by atoms with Gasteiger partial charge in [0.2, 0.25) is 0 Å². The molecule has 1 amide bonds. The van der Waals surface area contributed by atoms with E-state index >= 15 is 0 Å². The molecule has 2 aromatic heterocycles. The van der Waals surface area contributed by atoms with Gasteiger partial charge in [-0.3, -0.25) is 4.79 Å². The fourth-order valence-electron chi connectivity index (χ4n) is 2.11. The molecule has 0 aliphatic carbocycles. The minimum atomic E-state index is -0.247. The van der Waals surface area contributed by atoms with Crippen molar-refractivity contribution in [1.29, 1.82) is 0 Å². The second kappa shape index (κ2) is 5.29. The van der Waals surface area contributed by atoms with Gasteiger partial charge in [-0.15, -0.1) is 0 Å². The van der Waals surface area contributed by atoms with Crippen molar-refractivity contribution >= 4 is 33.2 Å². The van der Waals surface area contributed by atoms with E-state index in [1.807, 2.05) is 32.0 Å². The molecule has 1 N–H and O–H groups in total. The van der Waals surface area contributed by atoms with E-state index < -0.39 is 0 Å². The van der Waals surface area contributed by atoms with Crippen LogP contribution in [-0.2, 0) is 0 Å². The molecule has 0 bridgehead atoms. The maximum atomic E-state index is 12.3. The summed E-state index contributed by atoms with van der Waals surface area (Å²) in [7, 11) is 0. The summed E-state index contributed by atoms with van der Waals surface area (Å²) < 4.78 is 2.38. The Kier molecular flexibility index (Phi) is 3.47. The van der Waals surface area contributed by atoms with Crippen molar-refractivity contribution < 1.29 is 4.79 Å². The van der Waals surface area contributed by atoms with E-state index in [0.29, 0.717) is 11.3 Å². The Bertz CT molecular complexity index is 841. The lowest BCUT2D eigenvalue weighted by molar-refractivity contribution is 0.102. The molecule has 21 heavy (non-hydrogen) atoms. The molecule has 2 heterocycles. The van der Waals surface area contributed by atoms with Gasteiger partial charge in [0.25, 0.3) is 5.91 Å². The maximum absolute atomic E-state index is 12.3.